The molecule has 31 heavy (non-hydrogen) atoms. The van der Waals surface area contributed by atoms with E-state index < -0.39 is 12.2 Å². The summed E-state index contributed by atoms with van der Waals surface area (Å²) in [5.41, 5.74) is 1.85. The molecule has 2 aromatic carbocycles. The monoisotopic (exact) mass is 481 g/mol. The Hall–Kier alpha value is -2.06. The van der Waals surface area contributed by atoms with Crippen molar-refractivity contribution in [2.45, 2.75) is 26.1 Å². The van der Waals surface area contributed by atoms with Crippen LogP contribution < -0.4 is 14.4 Å². The number of carbonyl (C=O) groups is 1. The Morgan fingerprint density at radius 2 is 1.84 bits per heavy atom. The number of anilines is 1. The van der Waals surface area contributed by atoms with Crippen LogP contribution >= 0.6 is 35.3 Å². The molecule has 6 nitrogen and oxygen atoms in total. The SMILES string of the molecule is Cc1cc(Cl)cc2sc(N(CCN(C)C)C(=O)C3Oc4ccccc4OC3C)nc12.Cl. The van der Waals surface area contributed by atoms with E-state index >= 15 is 0 Å². The molecule has 0 saturated carbocycles. The summed E-state index contributed by atoms with van der Waals surface area (Å²) in [5, 5.41) is 1.30. The van der Waals surface area contributed by atoms with Crippen molar-refractivity contribution >= 4 is 56.6 Å². The predicted molar refractivity (Wildman–Crippen MR) is 128 cm³/mol. The van der Waals surface area contributed by atoms with Crippen LogP contribution in [0.5, 0.6) is 11.5 Å². The van der Waals surface area contributed by atoms with Crippen LogP contribution in [0, 0.1) is 6.92 Å². The van der Waals surface area contributed by atoms with Gasteiger partial charge in [-0.2, -0.15) is 0 Å². The van der Waals surface area contributed by atoms with Gasteiger partial charge in [0.2, 0.25) is 6.10 Å². The second-order valence-electron chi connectivity index (χ2n) is 7.67. The van der Waals surface area contributed by atoms with E-state index in [-0.39, 0.29) is 18.3 Å². The first-order chi connectivity index (χ1) is 14.3. The van der Waals surface area contributed by atoms with Gasteiger partial charge in [-0.05, 0) is 57.8 Å². The first kappa shape index (κ1) is 23.6. The van der Waals surface area contributed by atoms with E-state index in [1.54, 1.807) is 4.90 Å². The molecule has 2 atom stereocenters. The number of ether oxygens (including phenoxy) is 2. The van der Waals surface area contributed by atoms with Crippen molar-refractivity contribution in [3.05, 3.63) is 47.0 Å². The van der Waals surface area contributed by atoms with Gasteiger partial charge in [-0.1, -0.05) is 35.1 Å². The minimum atomic E-state index is -0.751. The largest absolute Gasteiger partial charge is 0.482 e. The lowest BCUT2D eigenvalue weighted by molar-refractivity contribution is -0.130. The number of amides is 1. The average Bonchev–Trinajstić information content (AvgIpc) is 3.11. The zero-order valence-electron chi connectivity index (χ0n) is 17.8. The molecule has 1 aromatic heterocycles. The summed E-state index contributed by atoms with van der Waals surface area (Å²) < 4.78 is 13.0. The predicted octanol–water partition coefficient (Wildman–Crippen LogP) is 4.80. The van der Waals surface area contributed by atoms with E-state index in [0.717, 1.165) is 15.8 Å². The number of carbonyl (C=O) groups excluding carboxylic acids is 1. The standard InChI is InChI=1S/C22H24ClN3O3S.ClH/c1-13-11-15(23)12-18-19(13)24-22(30-18)26(10-9-25(3)4)21(27)20-14(2)28-16-7-5-6-8-17(16)29-20;/h5-8,11-12,14,20H,9-10H2,1-4H3;1H. The summed E-state index contributed by atoms with van der Waals surface area (Å²) in [5.74, 6) is 1.06. The Morgan fingerprint density at radius 3 is 2.52 bits per heavy atom. The Morgan fingerprint density at radius 1 is 1.16 bits per heavy atom. The van der Waals surface area contributed by atoms with Gasteiger partial charge >= 0.3 is 0 Å². The molecule has 1 amide bonds. The number of aromatic nitrogens is 1. The Labute approximate surface area is 197 Å². The van der Waals surface area contributed by atoms with E-state index in [1.165, 1.54) is 11.3 Å². The number of fused-ring (bicyclic) bond motifs is 2. The summed E-state index contributed by atoms with van der Waals surface area (Å²) in [6, 6.07) is 11.2. The van der Waals surface area contributed by atoms with Crippen molar-refractivity contribution in [3.8, 4) is 11.5 Å². The lowest BCUT2D eigenvalue weighted by atomic mass is 10.1. The molecule has 0 spiro atoms. The van der Waals surface area contributed by atoms with Gasteiger partial charge in [-0.25, -0.2) is 4.98 Å². The number of rotatable bonds is 5. The average molecular weight is 482 g/mol. The molecule has 4 rings (SSSR count). The molecule has 166 valence electrons. The lowest BCUT2D eigenvalue weighted by Crippen LogP contribution is -2.52. The van der Waals surface area contributed by atoms with Crippen molar-refractivity contribution in [2.24, 2.45) is 0 Å². The maximum atomic E-state index is 13.6. The van der Waals surface area contributed by atoms with Crippen molar-refractivity contribution in [1.82, 2.24) is 9.88 Å². The fourth-order valence-corrected chi connectivity index (χ4v) is 4.85. The molecule has 1 aliphatic rings. The molecule has 0 radical (unpaired) electrons. The summed E-state index contributed by atoms with van der Waals surface area (Å²) in [6.45, 7) is 5.01. The summed E-state index contributed by atoms with van der Waals surface area (Å²) in [6.07, 6.45) is -1.17. The number of likely N-dealkylation sites (N-methyl/N-ethyl adjacent to an activating group) is 1. The molecule has 2 heterocycles. The second-order valence-corrected chi connectivity index (χ2v) is 9.11. The molecule has 0 N–H and O–H groups in total. The van der Waals surface area contributed by atoms with Gasteiger partial charge in [-0.3, -0.25) is 9.69 Å². The number of benzene rings is 2. The number of para-hydroxylation sites is 2. The molecular weight excluding hydrogens is 457 g/mol. The topological polar surface area (TPSA) is 54.9 Å². The van der Waals surface area contributed by atoms with Crippen LogP contribution in [0.3, 0.4) is 0 Å². The first-order valence-electron chi connectivity index (χ1n) is 9.78. The van der Waals surface area contributed by atoms with Gasteiger partial charge in [0.1, 0.15) is 6.10 Å². The molecule has 2 unspecified atom stereocenters. The normalized spacial score (nSPS) is 17.5. The van der Waals surface area contributed by atoms with Crippen molar-refractivity contribution in [2.75, 3.05) is 32.1 Å². The van der Waals surface area contributed by atoms with Crippen molar-refractivity contribution in [1.29, 1.82) is 0 Å². The number of halogens is 2. The lowest BCUT2D eigenvalue weighted by Gasteiger charge is -2.34. The number of nitrogens with zero attached hydrogens (tertiary/aromatic N) is 3. The molecule has 1 aliphatic heterocycles. The van der Waals surface area contributed by atoms with Gasteiger partial charge in [-0.15, -0.1) is 12.4 Å². The highest BCUT2D eigenvalue weighted by Gasteiger charge is 2.38. The highest BCUT2D eigenvalue weighted by Crippen LogP contribution is 2.36. The molecule has 0 fully saturated rings. The molecule has 0 bridgehead atoms. The van der Waals surface area contributed by atoms with Crippen LogP contribution in [-0.4, -0.2) is 55.2 Å². The third kappa shape index (κ3) is 4.90. The highest BCUT2D eigenvalue weighted by molar-refractivity contribution is 7.22. The van der Waals surface area contributed by atoms with E-state index in [2.05, 4.69) is 0 Å². The van der Waals surface area contributed by atoms with Gasteiger partial charge in [0.15, 0.2) is 16.6 Å². The Kier molecular flexibility index (Phi) is 7.31. The van der Waals surface area contributed by atoms with Crippen LogP contribution in [0.25, 0.3) is 10.2 Å². The number of thiazole rings is 1. The smallest absolute Gasteiger partial charge is 0.273 e. The van der Waals surface area contributed by atoms with Crippen LogP contribution in [-0.2, 0) is 4.79 Å². The Bertz CT molecular complexity index is 1090. The van der Waals surface area contributed by atoms with E-state index in [4.69, 9.17) is 26.1 Å². The second kappa shape index (κ2) is 9.61. The summed E-state index contributed by atoms with van der Waals surface area (Å²) in [7, 11) is 3.95. The third-order valence-corrected chi connectivity index (χ3v) is 6.24. The quantitative estimate of drug-likeness (QED) is 0.523. The van der Waals surface area contributed by atoms with Gasteiger partial charge in [0.05, 0.1) is 10.2 Å². The minimum absolute atomic E-state index is 0. The van der Waals surface area contributed by atoms with Gasteiger partial charge in [0, 0.05) is 18.1 Å². The van der Waals surface area contributed by atoms with Gasteiger partial charge < -0.3 is 14.4 Å². The van der Waals surface area contributed by atoms with E-state index in [1.807, 2.05) is 69.2 Å². The fraction of sp³-hybridized carbons (Fsp3) is 0.364. The number of hydrogen-bond donors (Lipinski definition) is 0. The summed E-state index contributed by atoms with van der Waals surface area (Å²) >= 11 is 7.68. The van der Waals surface area contributed by atoms with Gasteiger partial charge in [0.25, 0.3) is 5.91 Å². The van der Waals surface area contributed by atoms with Crippen LogP contribution in [0.15, 0.2) is 36.4 Å². The highest BCUT2D eigenvalue weighted by atomic mass is 35.5. The fourth-order valence-electron chi connectivity index (χ4n) is 3.40. The maximum Gasteiger partial charge on any atom is 0.273 e. The van der Waals surface area contributed by atoms with Crippen LogP contribution in [0.1, 0.15) is 12.5 Å². The number of aryl methyl sites for hydroxylation is 1. The van der Waals surface area contributed by atoms with E-state index in [9.17, 15) is 4.79 Å². The van der Waals surface area contributed by atoms with Crippen molar-refractivity contribution in [3.63, 3.8) is 0 Å². The molecule has 3 aromatic rings. The summed E-state index contributed by atoms with van der Waals surface area (Å²) in [4.78, 5) is 22.1. The first-order valence-corrected chi connectivity index (χ1v) is 11.0. The zero-order valence-corrected chi connectivity index (χ0v) is 20.2. The van der Waals surface area contributed by atoms with Crippen LogP contribution in [0.4, 0.5) is 5.13 Å². The van der Waals surface area contributed by atoms with Crippen molar-refractivity contribution < 1.29 is 14.3 Å². The van der Waals surface area contributed by atoms with E-state index in [0.29, 0.717) is 34.7 Å². The molecule has 0 saturated heterocycles. The molecular formula is C22H25Cl2N3O3S. The molecule has 0 aliphatic carbocycles. The molecule has 9 heteroatoms. The maximum absolute atomic E-state index is 13.6. The number of hydrogen-bond acceptors (Lipinski definition) is 6. The minimum Gasteiger partial charge on any atom is -0.482 e. The Balaban J connectivity index is 0.00000272. The zero-order chi connectivity index (χ0) is 21.4. The third-order valence-electron chi connectivity index (χ3n) is 4.99. The van der Waals surface area contributed by atoms with Crippen LogP contribution in [0.2, 0.25) is 5.02 Å².